The van der Waals surface area contributed by atoms with Crippen LogP contribution < -0.4 is 0 Å². The van der Waals surface area contributed by atoms with Crippen LogP contribution in [-0.2, 0) is 20.4 Å². The second kappa shape index (κ2) is 5.24. The quantitative estimate of drug-likeness (QED) is 0.788. The molecule has 0 spiro atoms. The van der Waals surface area contributed by atoms with Gasteiger partial charge in [0, 0.05) is 24.0 Å². The van der Waals surface area contributed by atoms with Crippen LogP contribution in [0, 0.1) is 12.3 Å². The van der Waals surface area contributed by atoms with Crippen LogP contribution >= 0.6 is 0 Å². The van der Waals surface area contributed by atoms with Crippen molar-refractivity contribution in [3.05, 3.63) is 29.3 Å². The molecule has 0 bridgehead atoms. The Kier molecular flexibility index (Phi) is 3.96. The van der Waals surface area contributed by atoms with E-state index in [4.69, 9.17) is 0 Å². The highest BCUT2D eigenvalue weighted by molar-refractivity contribution is 7.84. The maximum atomic E-state index is 12.4. The van der Waals surface area contributed by atoms with E-state index in [-0.39, 0.29) is 17.0 Å². The predicted octanol–water partition coefficient (Wildman–Crippen LogP) is 2.77. The van der Waals surface area contributed by atoms with Crippen LogP contribution in [0.15, 0.2) is 23.1 Å². The molecule has 0 aliphatic heterocycles. The van der Waals surface area contributed by atoms with Crippen molar-refractivity contribution in [3.63, 3.8) is 0 Å². The maximum Gasteiger partial charge on any atom is 0.148 e. The van der Waals surface area contributed by atoms with Gasteiger partial charge in [-0.2, -0.15) is 0 Å². The molecule has 0 N–H and O–H groups in total. The van der Waals surface area contributed by atoms with Crippen LogP contribution in [0.1, 0.15) is 43.7 Å². The third kappa shape index (κ3) is 2.75. The van der Waals surface area contributed by atoms with Crippen LogP contribution in [-0.4, -0.2) is 22.0 Å². The SMILES string of the molecule is Cc1cccc(S(C)=O)c1C1C(=O)CC(C)(C)CC1=O. The van der Waals surface area contributed by atoms with E-state index < -0.39 is 16.7 Å². The van der Waals surface area contributed by atoms with Crippen molar-refractivity contribution in [2.24, 2.45) is 5.41 Å². The molecule has 1 aromatic carbocycles. The summed E-state index contributed by atoms with van der Waals surface area (Å²) < 4.78 is 11.9. The van der Waals surface area contributed by atoms with Gasteiger partial charge >= 0.3 is 0 Å². The zero-order chi connectivity index (χ0) is 15.1. The van der Waals surface area contributed by atoms with Gasteiger partial charge in [0.1, 0.15) is 17.5 Å². The molecule has 0 heterocycles. The number of rotatable bonds is 2. The zero-order valence-corrected chi connectivity index (χ0v) is 13.2. The summed E-state index contributed by atoms with van der Waals surface area (Å²) in [5.74, 6) is -0.831. The fourth-order valence-corrected chi connectivity index (χ4v) is 3.84. The average Bonchev–Trinajstić information content (AvgIpc) is 2.28. The fraction of sp³-hybridized carbons (Fsp3) is 0.500. The van der Waals surface area contributed by atoms with Gasteiger partial charge in [0.2, 0.25) is 0 Å². The van der Waals surface area contributed by atoms with Crippen LogP contribution in [0.2, 0.25) is 0 Å². The lowest BCUT2D eigenvalue weighted by Crippen LogP contribution is -2.36. The minimum atomic E-state index is -1.21. The topological polar surface area (TPSA) is 51.2 Å². The first kappa shape index (κ1) is 15.1. The largest absolute Gasteiger partial charge is 0.299 e. The van der Waals surface area contributed by atoms with E-state index in [2.05, 4.69) is 0 Å². The highest BCUT2D eigenvalue weighted by Gasteiger charge is 2.41. The van der Waals surface area contributed by atoms with Crippen molar-refractivity contribution < 1.29 is 13.8 Å². The summed E-state index contributed by atoms with van der Waals surface area (Å²) in [7, 11) is -1.21. The van der Waals surface area contributed by atoms with Gasteiger partial charge in [0.05, 0.1) is 10.8 Å². The summed E-state index contributed by atoms with van der Waals surface area (Å²) in [6, 6.07) is 5.43. The Balaban J connectivity index is 2.54. The van der Waals surface area contributed by atoms with Gasteiger partial charge in [0.15, 0.2) is 0 Å². The Labute approximate surface area is 122 Å². The number of hydrogen-bond donors (Lipinski definition) is 0. The normalized spacial score (nSPS) is 21.0. The average molecular weight is 292 g/mol. The summed E-state index contributed by atoms with van der Waals surface area (Å²) >= 11 is 0. The molecule has 1 atom stereocenters. The van der Waals surface area contributed by atoms with Crippen molar-refractivity contribution in [2.75, 3.05) is 6.26 Å². The molecule has 1 fully saturated rings. The molecule has 20 heavy (non-hydrogen) atoms. The van der Waals surface area contributed by atoms with Crippen molar-refractivity contribution in [1.82, 2.24) is 0 Å². The van der Waals surface area contributed by atoms with Crippen LogP contribution in [0.3, 0.4) is 0 Å². The summed E-state index contributed by atoms with van der Waals surface area (Å²) in [4.78, 5) is 25.5. The highest BCUT2D eigenvalue weighted by Crippen LogP contribution is 2.40. The van der Waals surface area contributed by atoms with E-state index in [9.17, 15) is 13.8 Å². The molecule has 0 amide bonds. The first-order valence-corrected chi connectivity index (χ1v) is 8.27. The molecule has 2 rings (SSSR count). The lowest BCUT2D eigenvalue weighted by atomic mass is 9.69. The van der Waals surface area contributed by atoms with Gasteiger partial charge in [-0.15, -0.1) is 0 Å². The molecule has 1 aliphatic rings. The van der Waals surface area contributed by atoms with Crippen LogP contribution in [0.4, 0.5) is 0 Å². The number of benzene rings is 1. The van der Waals surface area contributed by atoms with Crippen molar-refractivity contribution in [1.29, 1.82) is 0 Å². The predicted molar refractivity (Wildman–Crippen MR) is 79.3 cm³/mol. The first-order chi connectivity index (χ1) is 9.23. The van der Waals surface area contributed by atoms with E-state index in [0.29, 0.717) is 23.3 Å². The molecule has 1 aromatic rings. The van der Waals surface area contributed by atoms with E-state index in [1.165, 1.54) is 0 Å². The highest BCUT2D eigenvalue weighted by atomic mass is 32.2. The Morgan fingerprint density at radius 2 is 1.70 bits per heavy atom. The van der Waals surface area contributed by atoms with Crippen molar-refractivity contribution >= 4 is 22.4 Å². The van der Waals surface area contributed by atoms with Gasteiger partial charge in [-0.25, -0.2) is 0 Å². The summed E-state index contributed by atoms with van der Waals surface area (Å²) in [5, 5.41) is 0. The monoisotopic (exact) mass is 292 g/mol. The van der Waals surface area contributed by atoms with Crippen LogP contribution in [0.25, 0.3) is 0 Å². The van der Waals surface area contributed by atoms with E-state index in [0.717, 1.165) is 5.56 Å². The number of ketones is 2. The number of carbonyl (C=O) groups excluding carboxylic acids is 2. The molecule has 0 saturated heterocycles. The lowest BCUT2D eigenvalue weighted by Gasteiger charge is -2.33. The molecular formula is C16H20O3S. The standard InChI is InChI=1S/C16H20O3S/c1-10-6-5-7-13(20(4)19)14(10)15-11(17)8-16(2,3)9-12(15)18/h5-7,15H,8-9H2,1-4H3. The summed E-state index contributed by atoms with van der Waals surface area (Å²) in [6.45, 7) is 5.75. The Hall–Kier alpha value is -1.29. The number of carbonyl (C=O) groups is 2. The molecule has 1 saturated carbocycles. The molecule has 1 unspecified atom stereocenters. The Morgan fingerprint density at radius 3 is 2.20 bits per heavy atom. The molecule has 108 valence electrons. The number of hydrogen-bond acceptors (Lipinski definition) is 3. The Morgan fingerprint density at radius 1 is 1.15 bits per heavy atom. The molecule has 3 nitrogen and oxygen atoms in total. The summed E-state index contributed by atoms with van der Waals surface area (Å²) in [5.41, 5.74) is 1.27. The van der Waals surface area contributed by atoms with Gasteiger partial charge in [0.25, 0.3) is 0 Å². The van der Waals surface area contributed by atoms with Gasteiger partial charge in [-0.05, 0) is 29.5 Å². The number of Topliss-reactive ketones (excluding diaryl/α,β-unsaturated/α-hetero) is 2. The smallest absolute Gasteiger partial charge is 0.148 e. The summed E-state index contributed by atoms with van der Waals surface area (Å²) in [6.07, 6.45) is 2.38. The van der Waals surface area contributed by atoms with Gasteiger partial charge in [-0.1, -0.05) is 26.0 Å². The second-order valence-electron chi connectivity index (χ2n) is 6.32. The van der Waals surface area contributed by atoms with Crippen molar-refractivity contribution in [2.45, 2.75) is 44.4 Å². The minimum Gasteiger partial charge on any atom is -0.299 e. The zero-order valence-electron chi connectivity index (χ0n) is 12.4. The van der Waals surface area contributed by atoms with E-state index in [1.54, 1.807) is 12.3 Å². The Bertz CT molecular complexity index is 582. The lowest BCUT2D eigenvalue weighted by molar-refractivity contribution is -0.135. The molecule has 4 heteroatoms. The van der Waals surface area contributed by atoms with E-state index in [1.807, 2.05) is 32.9 Å². The first-order valence-electron chi connectivity index (χ1n) is 6.71. The molecular weight excluding hydrogens is 272 g/mol. The third-order valence-electron chi connectivity index (χ3n) is 3.83. The van der Waals surface area contributed by atoms with Crippen molar-refractivity contribution in [3.8, 4) is 0 Å². The number of aryl methyl sites for hydroxylation is 1. The molecule has 0 radical (unpaired) electrons. The maximum absolute atomic E-state index is 12.4. The van der Waals surface area contributed by atoms with E-state index >= 15 is 0 Å². The van der Waals surface area contributed by atoms with Gasteiger partial charge < -0.3 is 0 Å². The van der Waals surface area contributed by atoms with Gasteiger partial charge in [-0.3, -0.25) is 13.8 Å². The fourth-order valence-electron chi connectivity index (χ4n) is 2.99. The van der Waals surface area contributed by atoms with Crippen LogP contribution in [0.5, 0.6) is 0 Å². The third-order valence-corrected chi connectivity index (χ3v) is 4.81. The minimum absolute atomic E-state index is 0.0488. The molecule has 0 aromatic heterocycles. The second-order valence-corrected chi connectivity index (χ2v) is 7.67. The molecule has 1 aliphatic carbocycles.